The smallest absolute Gasteiger partial charge is 0.226 e. The van der Waals surface area contributed by atoms with Crippen LogP contribution in [0.15, 0.2) is 71.3 Å². The topological polar surface area (TPSA) is 67.2 Å². The fourth-order valence-corrected chi connectivity index (χ4v) is 2.68. The number of carbonyl (C=O) groups excluding carboxylic acids is 1. The van der Waals surface area contributed by atoms with Crippen molar-refractivity contribution in [3.05, 3.63) is 83.6 Å². The van der Waals surface area contributed by atoms with E-state index in [0.717, 1.165) is 0 Å². The van der Waals surface area contributed by atoms with Crippen LogP contribution in [0.3, 0.4) is 0 Å². The minimum absolute atomic E-state index is 0.0458. The number of benzene rings is 2. The van der Waals surface area contributed by atoms with Crippen molar-refractivity contribution in [2.45, 2.75) is 19.4 Å². The zero-order valence-corrected chi connectivity index (χ0v) is 14.1. The third kappa shape index (κ3) is 4.78. The van der Waals surface area contributed by atoms with Crippen molar-refractivity contribution >= 4 is 11.7 Å². The van der Waals surface area contributed by atoms with E-state index in [1.54, 1.807) is 13.0 Å². The van der Waals surface area contributed by atoms with E-state index in [1.165, 1.54) is 11.1 Å². The van der Waals surface area contributed by atoms with Crippen molar-refractivity contribution in [3.8, 4) is 0 Å². The van der Waals surface area contributed by atoms with E-state index < -0.39 is 0 Å². The van der Waals surface area contributed by atoms with E-state index in [1.807, 2.05) is 36.4 Å². The Morgan fingerprint density at radius 3 is 2.16 bits per heavy atom. The summed E-state index contributed by atoms with van der Waals surface area (Å²) >= 11 is 0. The van der Waals surface area contributed by atoms with Crippen LogP contribution in [0.2, 0.25) is 0 Å². The highest BCUT2D eigenvalue weighted by Crippen LogP contribution is 2.21. The molecule has 0 saturated heterocycles. The van der Waals surface area contributed by atoms with Gasteiger partial charge >= 0.3 is 0 Å². The normalized spacial score (nSPS) is 10.8. The predicted octanol–water partition coefficient (Wildman–Crippen LogP) is 3.69. The van der Waals surface area contributed by atoms with Crippen LogP contribution in [-0.2, 0) is 4.79 Å². The lowest BCUT2D eigenvalue weighted by Gasteiger charge is -2.19. The molecular formula is C20H21N3O2. The molecule has 25 heavy (non-hydrogen) atoms. The molecule has 0 fully saturated rings. The zero-order valence-electron chi connectivity index (χ0n) is 14.1. The van der Waals surface area contributed by atoms with Gasteiger partial charge in [-0.3, -0.25) is 4.79 Å². The molecular weight excluding hydrogens is 314 g/mol. The van der Waals surface area contributed by atoms with E-state index in [-0.39, 0.29) is 11.9 Å². The summed E-state index contributed by atoms with van der Waals surface area (Å²) in [6, 6.07) is 22.2. The van der Waals surface area contributed by atoms with Gasteiger partial charge in [-0.1, -0.05) is 65.8 Å². The van der Waals surface area contributed by atoms with Gasteiger partial charge < -0.3 is 15.2 Å². The van der Waals surface area contributed by atoms with Crippen LogP contribution >= 0.6 is 0 Å². The molecule has 128 valence electrons. The van der Waals surface area contributed by atoms with Crippen LogP contribution in [-0.4, -0.2) is 17.6 Å². The van der Waals surface area contributed by atoms with Gasteiger partial charge in [0.1, 0.15) is 5.76 Å². The lowest BCUT2D eigenvalue weighted by atomic mass is 9.98. The summed E-state index contributed by atoms with van der Waals surface area (Å²) in [7, 11) is 0. The fraction of sp³-hybridized carbons (Fsp3) is 0.200. The fourth-order valence-electron chi connectivity index (χ4n) is 2.68. The van der Waals surface area contributed by atoms with Gasteiger partial charge in [0.2, 0.25) is 5.91 Å². The average Bonchev–Trinajstić information content (AvgIpc) is 3.05. The number of aromatic nitrogens is 1. The lowest BCUT2D eigenvalue weighted by molar-refractivity contribution is -0.116. The molecule has 0 aliphatic carbocycles. The molecule has 0 radical (unpaired) electrons. The molecule has 3 rings (SSSR count). The summed E-state index contributed by atoms with van der Waals surface area (Å²) in [4.78, 5) is 12.0. The van der Waals surface area contributed by atoms with Gasteiger partial charge in [0.05, 0.1) is 6.04 Å². The quantitative estimate of drug-likeness (QED) is 0.691. The van der Waals surface area contributed by atoms with Gasteiger partial charge in [-0.2, -0.15) is 0 Å². The van der Waals surface area contributed by atoms with Crippen molar-refractivity contribution in [1.29, 1.82) is 0 Å². The Balaban J connectivity index is 1.60. The number of anilines is 1. The molecule has 0 saturated carbocycles. The number of amides is 1. The van der Waals surface area contributed by atoms with Gasteiger partial charge in [-0.05, 0) is 18.1 Å². The highest BCUT2D eigenvalue weighted by molar-refractivity contribution is 5.89. The van der Waals surface area contributed by atoms with Crippen LogP contribution in [0, 0.1) is 6.92 Å². The Kier molecular flexibility index (Phi) is 5.59. The van der Waals surface area contributed by atoms with E-state index in [4.69, 9.17) is 4.52 Å². The number of rotatable bonds is 7. The monoisotopic (exact) mass is 335 g/mol. The Labute approximate surface area is 147 Å². The van der Waals surface area contributed by atoms with Gasteiger partial charge in [-0.15, -0.1) is 0 Å². The molecule has 2 N–H and O–H groups in total. The number of nitrogens with zero attached hydrogens (tertiary/aromatic N) is 1. The van der Waals surface area contributed by atoms with Crippen molar-refractivity contribution < 1.29 is 9.32 Å². The van der Waals surface area contributed by atoms with Gasteiger partial charge in [0.15, 0.2) is 5.82 Å². The summed E-state index contributed by atoms with van der Waals surface area (Å²) in [5.74, 6) is 1.02. The summed E-state index contributed by atoms with van der Waals surface area (Å²) in [5, 5.41) is 9.97. The Morgan fingerprint density at radius 2 is 1.64 bits per heavy atom. The van der Waals surface area contributed by atoms with E-state index in [0.29, 0.717) is 24.5 Å². The average molecular weight is 335 g/mol. The van der Waals surface area contributed by atoms with Crippen LogP contribution in [0.1, 0.15) is 29.3 Å². The number of carbonyl (C=O) groups is 1. The van der Waals surface area contributed by atoms with Gasteiger partial charge in [0.25, 0.3) is 0 Å². The second-order valence-electron chi connectivity index (χ2n) is 5.83. The third-order valence-corrected chi connectivity index (χ3v) is 3.86. The molecule has 1 amide bonds. The maximum Gasteiger partial charge on any atom is 0.226 e. The first kappa shape index (κ1) is 16.9. The second kappa shape index (κ2) is 8.26. The molecule has 2 aromatic carbocycles. The number of hydrogen-bond acceptors (Lipinski definition) is 4. The summed E-state index contributed by atoms with van der Waals surface area (Å²) in [6.07, 6.45) is 0.349. The number of nitrogens with one attached hydrogen (secondary N) is 2. The van der Waals surface area contributed by atoms with Crippen molar-refractivity contribution in [3.63, 3.8) is 0 Å². The van der Waals surface area contributed by atoms with Crippen LogP contribution < -0.4 is 10.6 Å². The van der Waals surface area contributed by atoms with Crippen LogP contribution in [0.4, 0.5) is 5.82 Å². The molecule has 3 aromatic rings. The molecule has 0 atom stereocenters. The van der Waals surface area contributed by atoms with Gasteiger partial charge in [0, 0.05) is 19.0 Å². The van der Waals surface area contributed by atoms with Crippen LogP contribution in [0.25, 0.3) is 0 Å². The van der Waals surface area contributed by atoms with Crippen molar-refractivity contribution in [2.75, 3.05) is 11.9 Å². The summed E-state index contributed by atoms with van der Waals surface area (Å²) < 4.78 is 4.94. The Hall–Kier alpha value is -2.92. The summed E-state index contributed by atoms with van der Waals surface area (Å²) in [6.45, 7) is 2.34. The largest absolute Gasteiger partial charge is 0.360 e. The van der Waals surface area contributed by atoms with Crippen LogP contribution in [0.5, 0.6) is 0 Å². The Bertz CT molecular complexity index is 761. The minimum atomic E-state index is -0.0966. The Morgan fingerprint density at radius 1 is 1.04 bits per heavy atom. The molecule has 1 heterocycles. The van der Waals surface area contributed by atoms with Crippen molar-refractivity contribution in [1.82, 2.24) is 10.5 Å². The van der Waals surface area contributed by atoms with Crippen molar-refractivity contribution in [2.24, 2.45) is 0 Å². The molecule has 0 bridgehead atoms. The molecule has 0 aliphatic rings. The van der Waals surface area contributed by atoms with E-state index in [9.17, 15) is 4.79 Å². The molecule has 5 nitrogen and oxygen atoms in total. The number of aryl methyl sites for hydroxylation is 1. The molecule has 0 aliphatic heterocycles. The molecule has 5 heteroatoms. The molecule has 0 unspecified atom stereocenters. The lowest BCUT2D eigenvalue weighted by Crippen LogP contribution is -2.26. The van der Waals surface area contributed by atoms with E-state index in [2.05, 4.69) is 40.1 Å². The summed E-state index contributed by atoms with van der Waals surface area (Å²) in [5.41, 5.74) is 2.34. The highest BCUT2D eigenvalue weighted by Gasteiger charge is 2.14. The molecule has 0 spiro atoms. The first-order chi connectivity index (χ1) is 12.2. The van der Waals surface area contributed by atoms with Gasteiger partial charge in [-0.25, -0.2) is 0 Å². The first-order valence-electron chi connectivity index (χ1n) is 8.29. The minimum Gasteiger partial charge on any atom is -0.360 e. The van der Waals surface area contributed by atoms with E-state index >= 15 is 0 Å². The maximum absolute atomic E-state index is 12.0. The SMILES string of the molecule is Cc1cc(NC(=O)CCNC(c2ccccc2)c2ccccc2)no1. The number of hydrogen-bond donors (Lipinski definition) is 2. The second-order valence-corrected chi connectivity index (χ2v) is 5.83. The zero-order chi connectivity index (χ0) is 17.5. The first-order valence-corrected chi connectivity index (χ1v) is 8.29. The highest BCUT2D eigenvalue weighted by atomic mass is 16.5. The standard InChI is InChI=1S/C20H21N3O2/c1-15-14-18(23-25-15)22-19(24)12-13-21-20(16-8-4-2-5-9-16)17-10-6-3-7-11-17/h2-11,14,20-21H,12-13H2,1H3,(H,22,23,24). The third-order valence-electron chi connectivity index (χ3n) is 3.86. The maximum atomic E-state index is 12.0. The predicted molar refractivity (Wildman–Crippen MR) is 97.2 cm³/mol. The molecule has 1 aromatic heterocycles.